The van der Waals surface area contributed by atoms with Crippen LogP contribution >= 0.6 is 0 Å². The van der Waals surface area contributed by atoms with E-state index in [1.54, 1.807) is 30.5 Å². The molecule has 0 aliphatic carbocycles. The highest BCUT2D eigenvalue weighted by Crippen LogP contribution is 2.05. The monoisotopic (exact) mass is 264 g/mol. The molecule has 2 aromatic rings. The summed E-state index contributed by atoms with van der Waals surface area (Å²) in [5, 5.41) is 0. The second-order valence-corrected chi connectivity index (χ2v) is 5.37. The Balaban J connectivity index is 0.000000269. The summed E-state index contributed by atoms with van der Waals surface area (Å²) in [6, 6.07) is 8.86. The van der Waals surface area contributed by atoms with E-state index in [1.165, 1.54) is 12.7 Å². The van der Waals surface area contributed by atoms with Crippen molar-refractivity contribution in [1.82, 2.24) is 4.98 Å². The molecule has 94 valence electrons. The van der Waals surface area contributed by atoms with Gasteiger partial charge in [0.05, 0.1) is 11.9 Å². The lowest BCUT2D eigenvalue weighted by Crippen LogP contribution is -2.06. The van der Waals surface area contributed by atoms with Gasteiger partial charge in [-0.25, -0.2) is 20.0 Å². The van der Waals surface area contributed by atoms with Crippen molar-refractivity contribution in [3.05, 3.63) is 66.2 Å². The molecule has 1 aromatic heterocycles. The number of benzene rings is 1. The van der Waals surface area contributed by atoms with Crippen molar-refractivity contribution >= 4 is 9.84 Å². The van der Waals surface area contributed by atoms with Crippen LogP contribution in [0, 0.1) is 6.57 Å². The number of rotatable bonds is 3. The molecule has 6 heteroatoms. The van der Waals surface area contributed by atoms with Crippen molar-refractivity contribution in [3.8, 4) is 0 Å². The molecule has 0 aliphatic rings. The first-order valence-electron chi connectivity index (χ1n) is 5.04. The fourth-order valence-corrected chi connectivity index (χ4v) is 2.14. The summed E-state index contributed by atoms with van der Waals surface area (Å²) in [5.74, 6) is -0.474. The van der Waals surface area contributed by atoms with Gasteiger partial charge in [-0.2, -0.15) is 0 Å². The predicted molar refractivity (Wildman–Crippen MR) is 67.0 cm³/mol. The highest BCUT2D eigenvalue weighted by molar-refractivity contribution is 7.90. The Labute approximate surface area is 106 Å². The molecule has 0 atom stereocenters. The average molecular weight is 264 g/mol. The summed E-state index contributed by atoms with van der Waals surface area (Å²) in [5.41, 5.74) is 0.728. The molecule has 0 bridgehead atoms. The zero-order valence-corrected chi connectivity index (χ0v) is 10.4. The highest BCUT2D eigenvalue weighted by Gasteiger charge is 2.13. The van der Waals surface area contributed by atoms with E-state index in [4.69, 9.17) is 6.57 Å². The summed E-state index contributed by atoms with van der Waals surface area (Å²) in [4.78, 5) is 6.42. The minimum atomic E-state index is -3.24. The average Bonchev–Trinajstić information content (AvgIpc) is 2.88. The quantitative estimate of drug-likeness (QED) is 0.797. The van der Waals surface area contributed by atoms with Crippen LogP contribution in [-0.2, 0) is 15.6 Å². The normalized spacial score (nSPS) is 9.94. The van der Waals surface area contributed by atoms with Gasteiger partial charge in [0.2, 0.25) is 9.84 Å². The molecule has 0 N–H and O–H groups in total. The fraction of sp³-hybridized carbons (Fsp3) is 0.167. The Morgan fingerprint density at radius 1 is 1.28 bits per heavy atom. The largest absolute Gasteiger partial charge is 0.452 e. The lowest BCUT2D eigenvalue weighted by atomic mass is 10.2. The van der Waals surface area contributed by atoms with E-state index in [9.17, 15) is 8.42 Å². The van der Waals surface area contributed by atoms with Crippen LogP contribution < -0.4 is 0 Å². The van der Waals surface area contributed by atoms with E-state index in [1.807, 2.05) is 6.07 Å². The molecule has 18 heavy (non-hydrogen) atoms. The number of oxazole rings is 1. The summed E-state index contributed by atoms with van der Waals surface area (Å²) >= 11 is 0. The standard InChI is InChI=1S/C9H9NO2S.C3H3NO/c1-10-8-13(11,12)7-9-5-3-2-4-6-9;1-2-5-3-4-1/h2-6H,7-8H2;1-3H. The topological polar surface area (TPSA) is 64.5 Å². The molecule has 0 amide bonds. The molecular formula is C12H12N2O3S. The number of aromatic nitrogens is 1. The molecular weight excluding hydrogens is 252 g/mol. The Bertz CT molecular complexity index is 554. The summed E-state index contributed by atoms with van der Waals surface area (Å²) < 4.78 is 26.8. The van der Waals surface area contributed by atoms with E-state index in [2.05, 4.69) is 14.2 Å². The van der Waals surface area contributed by atoms with Crippen molar-refractivity contribution < 1.29 is 12.8 Å². The molecule has 5 nitrogen and oxygen atoms in total. The maximum Gasteiger partial charge on any atom is 0.312 e. The summed E-state index contributed by atoms with van der Waals surface area (Å²) in [7, 11) is -3.24. The van der Waals surface area contributed by atoms with Crippen LogP contribution in [0.15, 0.2) is 53.6 Å². The lowest BCUT2D eigenvalue weighted by Gasteiger charge is -1.97. The van der Waals surface area contributed by atoms with Gasteiger partial charge in [-0.15, -0.1) is 0 Å². The van der Waals surface area contributed by atoms with Gasteiger partial charge in [0, 0.05) is 0 Å². The third-order valence-electron chi connectivity index (χ3n) is 1.84. The summed E-state index contributed by atoms with van der Waals surface area (Å²) in [6.45, 7) is 6.47. The van der Waals surface area contributed by atoms with Gasteiger partial charge in [-0.1, -0.05) is 30.3 Å². The van der Waals surface area contributed by atoms with Crippen LogP contribution in [0.25, 0.3) is 4.85 Å². The zero-order valence-electron chi connectivity index (χ0n) is 9.56. The van der Waals surface area contributed by atoms with Crippen LogP contribution in [-0.4, -0.2) is 19.3 Å². The van der Waals surface area contributed by atoms with Crippen LogP contribution in [0.5, 0.6) is 0 Å². The molecule has 0 fully saturated rings. The summed E-state index contributed by atoms with van der Waals surface area (Å²) in [6.07, 6.45) is 4.47. The molecule has 0 spiro atoms. The molecule has 2 rings (SSSR count). The van der Waals surface area contributed by atoms with Crippen LogP contribution in [0.1, 0.15) is 5.56 Å². The number of nitrogens with zero attached hydrogens (tertiary/aromatic N) is 2. The highest BCUT2D eigenvalue weighted by atomic mass is 32.2. The fourth-order valence-electron chi connectivity index (χ4n) is 1.15. The maximum atomic E-state index is 11.2. The van der Waals surface area contributed by atoms with Crippen LogP contribution in [0.2, 0.25) is 0 Å². The number of hydrogen-bond acceptors (Lipinski definition) is 4. The SMILES string of the molecule is [C-]#[N+]CS(=O)(=O)Cc1ccccc1.c1cocn1. The molecule has 0 saturated heterocycles. The Morgan fingerprint density at radius 3 is 2.44 bits per heavy atom. The Morgan fingerprint density at radius 2 is 2.00 bits per heavy atom. The van der Waals surface area contributed by atoms with Gasteiger partial charge in [0.1, 0.15) is 6.26 Å². The van der Waals surface area contributed by atoms with Gasteiger partial charge in [-0.3, -0.25) is 4.85 Å². The first-order valence-corrected chi connectivity index (χ1v) is 6.86. The van der Waals surface area contributed by atoms with Gasteiger partial charge in [-0.05, 0) is 5.56 Å². The minimum Gasteiger partial charge on any atom is -0.452 e. The van der Waals surface area contributed by atoms with Crippen LogP contribution in [0.4, 0.5) is 0 Å². The maximum absolute atomic E-state index is 11.2. The zero-order chi connectivity index (χ0) is 13.3. The molecule has 0 saturated carbocycles. The lowest BCUT2D eigenvalue weighted by molar-refractivity contribution is 0.558. The molecule has 1 aromatic carbocycles. The predicted octanol–water partition coefficient (Wildman–Crippen LogP) is 2.15. The smallest absolute Gasteiger partial charge is 0.312 e. The van der Waals surface area contributed by atoms with Gasteiger partial charge in [0.25, 0.3) is 0 Å². The van der Waals surface area contributed by atoms with Crippen molar-refractivity contribution in [2.75, 3.05) is 5.88 Å². The third kappa shape index (κ3) is 5.82. The van der Waals surface area contributed by atoms with Gasteiger partial charge < -0.3 is 4.42 Å². The molecule has 0 aliphatic heterocycles. The van der Waals surface area contributed by atoms with Crippen molar-refractivity contribution in [2.45, 2.75) is 5.75 Å². The van der Waals surface area contributed by atoms with Crippen molar-refractivity contribution in [3.63, 3.8) is 0 Å². The first-order chi connectivity index (χ1) is 8.64. The number of sulfone groups is 1. The number of hydrogen-bond donors (Lipinski definition) is 0. The van der Waals surface area contributed by atoms with E-state index in [-0.39, 0.29) is 5.75 Å². The Kier molecular flexibility index (Phi) is 5.61. The van der Waals surface area contributed by atoms with Gasteiger partial charge >= 0.3 is 5.88 Å². The van der Waals surface area contributed by atoms with Crippen molar-refractivity contribution in [2.24, 2.45) is 0 Å². The van der Waals surface area contributed by atoms with E-state index in [0.717, 1.165) is 5.56 Å². The third-order valence-corrected chi connectivity index (χ3v) is 3.13. The van der Waals surface area contributed by atoms with Gasteiger partial charge in [0.15, 0.2) is 6.39 Å². The van der Waals surface area contributed by atoms with Crippen molar-refractivity contribution in [1.29, 1.82) is 0 Å². The minimum absolute atomic E-state index is 0.0454. The van der Waals surface area contributed by atoms with Crippen LogP contribution in [0.3, 0.4) is 0 Å². The first kappa shape index (κ1) is 13.9. The molecule has 0 unspecified atom stereocenters. The van der Waals surface area contributed by atoms with E-state index in [0.29, 0.717) is 0 Å². The Hall–Kier alpha value is -2.13. The molecule has 1 heterocycles. The molecule has 0 radical (unpaired) electrons. The second-order valence-electron chi connectivity index (χ2n) is 3.34. The van der Waals surface area contributed by atoms with E-state index < -0.39 is 15.7 Å². The van der Waals surface area contributed by atoms with E-state index >= 15 is 0 Å². The second kappa shape index (κ2) is 7.25.